The van der Waals surface area contributed by atoms with Crippen molar-refractivity contribution in [2.45, 2.75) is 39.3 Å². The third kappa shape index (κ3) is 5.17. The molecule has 0 spiro atoms. The minimum absolute atomic E-state index is 0.0769. The number of aromatic nitrogens is 1. The van der Waals surface area contributed by atoms with Gasteiger partial charge in [-0.25, -0.2) is 4.98 Å². The van der Waals surface area contributed by atoms with E-state index in [0.29, 0.717) is 29.7 Å². The Kier molecular flexibility index (Phi) is 6.66. The van der Waals surface area contributed by atoms with Crippen LogP contribution in [0.5, 0.6) is 11.6 Å². The summed E-state index contributed by atoms with van der Waals surface area (Å²) < 4.78 is 11.7. The molecule has 1 amide bonds. The number of nitrogens with one attached hydrogen (secondary N) is 1. The molecule has 1 unspecified atom stereocenters. The molecule has 0 aliphatic carbocycles. The number of rotatable bonds is 6. The SMILES string of the molecule is COc1cnc(O[C@@H]2CCN(C(=O)C(Nc3ccccc3)C(C)(C)C)C2)c2cc(Cl)ccc12. The normalized spacial score (nSPS) is 17.1. The van der Waals surface area contributed by atoms with Crippen LogP contribution in [-0.2, 0) is 4.79 Å². The number of amides is 1. The highest BCUT2D eigenvalue weighted by molar-refractivity contribution is 6.31. The van der Waals surface area contributed by atoms with Crippen molar-refractivity contribution in [1.29, 1.82) is 0 Å². The summed E-state index contributed by atoms with van der Waals surface area (Å²) in [5.74, 6) is 1.24. The van der Waals surface area contributed by atoms with Crippen LogP contribution < -0.4 is 14.8 Å². The van der Waals surface area contributed by atoms with Crippen LogP contribution in [0, 0.1) is 5.41 Å². The minimum Gasteiger partial charge on any atom is -0.494 e. The molecule has 3 aromatic rings. The van der Waals surface area contributed by atoms with Gasteiger partial charge in [0.1, 0.15) is 17.9 Å². The zero-order chi connectivity index (χ0) is 23.6. The molecule has 4 rings (SSSR count). The maximum absolute atomic E-state index is 13.5. The Morgan fingerprint density at radius 3 is 2.64 bits per heavy atom. The number of halogens is 1. The Balaban J connectivity index is 1.50. The molecule has 33 heavy (non-hydrogen) atoms. The number of benzene rings is 2. The first-order chi connectivity index (χ1) is 15.8. The number of ether oxygens (including phenoxy) is 2. The topological polar surface area (TPSA) is 63.7 Å². The van der Waals surface area contributed by atoms with E-state index < -0.39 is 0 Å². The summed E-state index contributed by atoms with van der Waals surface area (Å²) >= 11 is 6.23. The largest absolute Gasteiger partial charge is 0.494 e. The highest BCUT2D eigenvalue weighted by Crippen LogP contribution is 2.34. The van der Waals surface area contributed by atoms with E-state index in [0.717, 1.165) is 22.9 Å². The van der Waals surface area contributed by atoms with Crippen LogP contribution in [-0.4, -0.2) is 48.1 Å². The Labute approximate surface area is 199 Å². The molecular formula is C26H30ClN3O3. The van der Waals surface area contributed by atoms with Crippen molar-refractivity contribution in [3.8, 4) is 11.6 Å². The van der Waals surface area contributed by atoms with Gasteiger partial charge in [-0.05, 0) is 35.7 Å². The van der Waals surface area contributed by atoms with Gasteiger partial charge in [0, 0.05) is 34.4 Å². The lowest BCUT2D eigenvalue weighted by Crippen LogP contribution is -2.49. The second-order valence-electron chi connectivity index (χ2n) is 9.44. The molecule has 2 atom stereocenters. The lowest BCUT2D eigenvalue weighted by molar-refractivity contribution is -0.133. The summed E-state index contributed by atoms with van der Waals surface area (Å²) in [6.45, 7) is 7.38. The Bertz CT molecular complexity index is 1130. The van der Waals surface area contributed by atoms with Crippen molar-refractivity contribution in [3.63, 3.8) is 0 Å². The van der Waals surface area contributed by atoms with Gasteiger partial charge in [0.15, 0.2) is 0 Å². The number of hydrogen-bond donors (Lipinski definition) is 1. The van der Waals surface area contributed by atoms with Gasteiger partial charge in [-0.1, -0.05) is 50.6 Å². The third-order valence-electron chi connectivity index (χ3n) is 5.93. The van der Waals surface area contributed by atoms with Gasteiger partial charge >= 0.3 is 0 Å². The fraction of sp³-hybridized carbons (Fsp3) is 0.385. The second-order valence-corrected chi connectivity index (χ2v) is 9.88. The molecule has 1 fully saturated rings. The van der Waals surface area contributed by atoms with Gasteiger partial charge in [-0.2, -0.15) is 0 Å². The van der Waals surface area contributed by atoms with Crippen molar-refractivity contribution >= 4 is 34.0 Å². The van der Waals surface area contributed by atoms with Gasteiger partial charge in [0.2, 0.25) is 11.8 Å². The first-order valence-corrected chi connectivity index (χ1v) is 11.5. The minimum atomic E-state index is -0.350. The number of likely N-dealkylation sites (tertiary alicyclic amines) is 1. The molecule has 1 saturated heterocycles. The Morgan fingerprint density at radius 1 is 1.18 bits per heavy atom. The van der Waals surface area contributed by atoms with Gasteiger partial charge in [0.25, 0.3) is 0 Å². The van der Waals surface area contributed by atoms with Gasteiger partial charge < -0.3 is 19.7 Å². The summed E-state index contributed by atoms with van der Waals surface area (Å²) in [5.41, 5.74) is 0.680. The fourth-order valence-corrected chi connectivity index (χ4v) is 4.31. The first kappa shape index (κ1) is 23.2. The van der Waals surface area contributed by atoms with E-state index in [1.165, 1.54) is 0 Å². The standard InChI is InChI=1S/C26H30ClN3O3/c1-26(2,3)23(29-18-8-6-5-7-9-18)25(31)30-13-12-19(16-30)33-24-21-14-17(27)10-11-20(21)22(32-4)15-28-24/h5-11,14-15,19,23,29H,12-13,16H2,1-4H3/t19-,23?/m1/s1. The van der Waals surface area contributed by atoms with Crippen LogP contribution >= 0.6 is 11.6 Å². The number of anilines is 1. The second kappa shape index (κ2) is 9.48. The fourth-order valence-electron chi connectivity index (χ4n) is 4.14. The zero-order valence-corrected chi connectivity index (χ0v) is 20.2. The van der Waals surface area contributed by atoms with E-state index in [-0.39, 0.29) is 23.5 Å². The van der Waals surface area contributed by atoms with Crippen molar-refractivity contribution in [3.05, 3.63) is 59.8 Å². The Morgan fingerprint density at radius 2 is 1.94 bits per heavy atom. The van der Waals surface area contributed by atoms with Gasteiger partial charge in [-0.3, -0.25) is 4.79 Å². The third-order valence-corrected chi connectivity index (χ3v) is 6.16. The number of methoxy groups -OCH3 is 1. The Hall–Kier alpha value is -2.99. The molecule has 1 aliphatic heterocycles. The quantitative estimate of drug-likeness (QED) is 0.525. The molecule has 1 N–H and O–H groups in total. The molecule has 1 aliphatic rings. The van der Waals surface area contributed by atoms with E-state index >= 15 is 0 Å². The number of fused-ring (bicyclic) bond motifs is 1. The lowest BCUT2D eigenvalue weighted by Gasteiger charge is -2.34. The molecule has 0 saturated carbocycles. The van der Waals surface area contributed by atoms with Crippen LogP contribution in [0.15, 0.2) is 54.7 Å². The molecule has 174 valence electrons. The van der Waals surface area contributed by atoms with Gasteiger partial charge in [0.05, 0.1) is 19.9 Å². The van der Waals surface area contributed by atoms with Crippen LogP contribution in [0.4, 0.5) is 5.69 Å². The van der Waals surface area contributed by atoms with E-state index in [1.54, 1.807) is 13.3 Å². The molecule has 0 radical (unpaired) electrons. The highest BCUT2D eigenvalue weighted by Gasteiger charge is 2.38. The first-order valence-electron chi connectivity index (χ1n) is 11.2. The van der Waals surface area contributed by atoms with E-state index in [4.69, 9.17) is 21.1 Å². The number of hydrogen-bond acceptors (Lipinski definition) is 5. The maximum atomic E-state index is 13.5. The smallest absolute Gasteiger partial charge is 0.245 e. The zero-order valence-electron chi connectivity index (χ0n) is 19.5. The summed E-state index contributed by atoms with van der Waals surface area (Å²) in [7, 11) is 1.61. The van der Waals surface area contributed by atoms with Crippen molar-refractivity contribution in [2.24, 2.45) is 5.41 Å². The molecular weight excluding hydrogens is 438 g/mol. The number of para-hydroxylation sites is 1. The van der Waals surface area contributed by atoms with Crippen molar-refractivity contribution in [1.82, 2.24) is 9.88 Å². The van der Waals surface area contributed by atoms with E-state index in [2.05, 4.69) is 31.1 Å². The molecule has 1 aromatic heterocycles. The average molecular weight is 468 g/mol. The molecule has 2 aromatic carbocycles. The average Bonchev–Trinajstić information content (AvgIpc) is 3.26. The molecule has 0 bridgehead atoms. The molecule has 2 heterocycles. The van der Waals surface area contributed by atoms with Gasteiger partial charge in [-0.15, -0.1) is 0 Å². The predicted octanol–water partition coefficient (Wildman–Crippen LogP) is 5.40. The van der Waals surface area contributed by atoms with Crippen LogP contribution in [0.3, 0.4) is 0 Å². The van der Waals surface area contributed by atoms with Crippen LogP contribution in [0.25, 0.3) is 10.8 Å². The summed E-state index contributed by atoms with van der Waals surface area (Å²) in [6.07, 6.45) is 2.25. The lowest BCUT2D eigenvalue weighted by atomic mass is 9.85. The number of pyridine rings is 1. The van der Waals surface area contributed by atoms with Crippen molar-refractivity contribution < 1.29 is 14.3 Å². The maximum Gasteiger partial charge on any atom is 0.245 e. The van der Waals surface area contributed by atoms with E-state index in [9.17, 15) is 4.79 Å². The number of carbonyl (C=O) groups excluding carboxylic acids is 1. The summed E-state index contributed by atoms with van der Waals surface area (Å²) in [5, 5.41) is 5.72. The van der Waals surface area contributed by atoms with Crippen molar-refractivity contribution in [2.75, 3.05) is 25.5 Å². The number of carbonyl (C=O) groups is 1. The molecule has 7 heteroatoms. The van der Waals surface area contributed by atoms with E-state index in [1.807, 2.05) is 53.4 Å². The molecule has 6 nitrogen and oxygen atoms in total. The summed E-state index contributed by atoms with van der Waals surface area (Å²) in [6, 6.07) is 15.1. The number of nitrogens with zero attached hydrogens (tertiary/aromatic N) is 2. The highest BCUT2D eigenvalue weighted by atomic mass is 35.5. The predicted molar refractivity (Wildman–Crippen MR) is 132 cm³/mol. The summed E-state index contributed by atoms with van der Waals surface area (Å²) in [4.78, 5) is 19.8. The van der Waals surface area contributed by atoms with Crippen LogP contribution in [0.2, 0.25) is 5.02 Å². The monoisotopic (exact) mass is 467 g/mol. The van der Waals surface area contributed by atoms with Crippen LogP contribution in [0.1, 0.15) is 27.2 Å².